The van der Waals surface area contributed by atoms with Crippen molar-refractivity contribution in [3.8, 4) is 28.7 Å². The van der Waals surface area contributed by atoms with Gasteiger partial charge in [0.2, 0.25) is 0 Å². The van der Waals surface area contributed by atoms with Crippen LogP contribution in [0.4, 0.5) is 0 Å². The topological polar surface area (TPSA) is 87.1 Å². The molecule has 0 radical (unpaired) electrons. The standard InChI is InChI=1S/C25H21NO6S/c1-29-16-4-6-17(7-5-16)32-24-19-12-20(30-2)21(31-3)14-22(19)33-23(24)13-18(25(27)28)15-8-10-26-11-9-15/h4-14H,1-3H3,(H,27,28)/b18-13-. The molecule has 7 nitrogen and oxygen atoms in total. The summed E-state index contributed by atoms with van der Waals surface area (Å²) >= 11 is 1.40. The molecule has 4 rings (SSSR count). The number of aliphatic carboxylic acids is 1. The molecule has 0 saturated carbocycles. The van der Waals surface area contributed by atoms with Crippen LogP contribution in [0.2, 0.25) is 0 Å². The Balaban J connectivity index is 1.91. The van der Waals surface area contributed by atoms with E-state index in [1.165, 1.54) is 11.3 Å². The van der Waals surface area contributed by atoms with E-state index in [1.807, 2.05) is 12.1 Å². The summed E-state index contributed by atoms with van der Waals surface area (Å²) in [4.78, 5) is 16.7. The molecular formula is C25H21NO6S. The Hall–Kier alpha value is -4.04. The molecule has 2 aromatic carbocycles. The molecule has 0 fully saturated rings. The minimum Gasteiger partial charge on any atom is -0.497 e. The van der Waals surface area contributed by atoms with E-state index < -0.39 is 5.97 Å². The van der Waals surface area contributed by atoms with Crippen LogP contribution >= 0.6 is 11.3 Å². The fourth-order valence-corrected chi connectivity index (χ4v) is 4.40. The smallest absolute Gasteiger partial charge is 0.336 e. The Morgan fingerprint density at radius 3 is 2.15 bits per heavy atom. The molecular weight excluding hydrogens is 442 g/mol. The van der Waals surface area contributed by atoms with Gasteiger partial charge in [0.15, 0.2) is 17.2 Å². The van der Waals surface area contributed by atoms with Crippen molar-refractivity contribution in [2.75, 3.05) is 21.3 Å². The normalized spacial score (nSPS) is 11.3. The van der Waals surface area contributed by atoms with Gasteiger partial charge in [0.05, 0.1) is 31.8 Å². The number of carboxylic acids is 1. The lowest BCUT2D eigenvalue weighted by Crippen LogP contribution is -1.99. The number of benzene rings is 2. The van der Waals surface area contributed by atoms with Gasteiger partial charge in [-0.25, -0.2) is 4.79 Å². The summed E-state index contributed by atoms with van der Waals surface area (Å²) in [7, 11) is 4.73. The van der Waals surface area contributed by atoms with Gasteiger partial charge >= 0.3 is 5.97 Å². The SMILES string of the molecule is COc1ccc(Oc2c(/C=C(\C(=O)O)c3ccncc3)sc3cc(OC)c(OC)cc23)cc1. The molecule has 1 N–H and O–H groups in total. The van der Waals surface area contributed by atoms with E-state index >= 15 is 0 Å². The molecule has 33 heavy (non-hydrogen) atoms. The Labute approximate surface area is 194 Å². The average molecular weight is 464 g/mol. The summed E-state index contributed by atoms with van der Waals surface area (Å²) in [5, 5.41) is 10.7. The van der Waals surface area contributed by atoms with Gasteiger partial charge in [-0.3, -0.25) is 4.98 Å². The molecule has 168 valence electrons. The van der Waals surface area contributed by atoms with Crippen molar-refractivity contribution < 1.29 is 28.8 Å². The third kappa shape index (κ3) is 4.61. The van der Waals surface area contributed by atoms with Crippen LogP contribution in [0, 0.1) is 0 Å². The fraction of sp³-hybridized carbons (Fsp3) is 0.120. The van der Waals surface area contributed by atoms with Gasteiger partial charge in [-0.05, 0) is 54.1 Å². The highest BCUT2D eigenvalue weighted by Crippen LogP contribution is 2.46. The number of hydrogen-bond donors (Lipinski definition) is 1. The van der Waals surface area contributed by atoms with Gasteiger partial charge < -0.3 is 24.1 Å². The van der Waals surface area contributed by atoms with Crippen LogP contribution in [0.15, 0.2) is 60.9 Å². The second kappa shape index (κ2) is 9.62. The maximum atomic E-state index is 12.1. The van der Waals surface area contributed by atoms with Crippen molar-refractivity contribution in [3.05, 3.63) is 71.4 Å². The largest absolute Gasteiger partial charge is 0.497 e. The van der Waals surface area contributed by atoms with E-state index in [0.29, 0.717) is 39.2 Å². The number of aromatic nitrogens is 1. The molecule has 0 amide bonds. The van der Waals surface area contributed by atoms with Gasteiger partial charge in [-0.15, -0.1) is 11.3 Å². The zero-order valence-electron chi connectivity index (χ0n) is 18.2. The number of carboxylic acid groups (broad SMARTS) is 1. The molecule has 2 aromatic heterocycles. The number of thiophene rings is 1. The highest BCUT2D eigenvalue weighted by molar-refractivity contribution is 7.20. The first-order chi connectivity index (χ1) is 16.0. The minimum absolute atomic E-state index is 0.127. The first-order valence-electron chi connectivity index (χ1n) is 9.90. The quantitative estimate of drug-likeness (QED) is 0.333. The molecule has 4 aromatic rings. The number of pyridine rings is 1. The van der Waals surface area contributed by atoms with E-state index in [-0.39, 0.29) is 5.57 Å². The van der Waals surface area contributed by atoms with Crippen LogP contribution in [0.1, 0.15) is 10.4 Å². The maximum absolute atomic E-state index is 12.1. The van der Waals surface area contributed by atoms with Gasteiger partial charge in [0, 0.05) is 28.5 Å². The van der Waals surface area contributed by atoms with E-state index in [1.54, 1.807) is 76.2 Å². The molecule has 8 heteroatoms. The summed E-state index contributed by atoms with van der Waals surface area (Å²) in [6.45, 7) is 0. The van der Waals surface area contributed by atoms with Crippen LogP contribution in [-0.2, 0) is 4.79 Å². The van der Waals surface area contributed by atoms with Gasteiger partial charge in [-0.2, -0.15) is 0 Å². The molecule has 0 bridgehead atoms. The van der Waals surface area contributed by atoms with Gasteiger partial charge in [0.1, 0.15) is 11.5 Å². The number of carbonyl (C=O) groups is 1. The Bertz CT molecular complexity index is 1310. The second-order valence-electron chi connectivity index (χ2n) is 6.88. The van der Waals surface area contributed by atoms with Crippen molar-refractivity contribution in [2.45, 2.75) is 0 Å². The number of fused-ring (bicyclic) bond motifs is 1. The van der Waals surface area contributed by atoms with E-state index in [4.69, 9.17) is 18.9 Å². The predicted molar refractivity (Wildman–Crippen MR) is 128 cm³/mol. The summed E-state index contributed by atoms with van der Waals surface area (Å²) in [5.74, 6) is 1.88. The lowest BCUT2D eigenvalue weighted by Gasteiger charge is -2.10. The van der Waals surface area contributed by atoms with Crippen LogP contribution < -0.4 is 18.9 Å². The van der Waals surface area contributed by atoms with Crippen molar-refractivity contribution in [1.29, 1.82) is 0 Å². The van der Waals surface area contributed by atoms with Gasteiger partial charge in [-0.1, -0.05) is 0 Å². The number of hydrogen-bond acceptors (Lipinski definition) is 7. The average Bonchev–Trinajstić information content (AvgIpc) is 3.18. The number of ether oxygens (including phenoxy) is 4. The maximum Gasteiger partial charge on any atom is 0.336 e. The van der Waals surface area contributed by atoms with Crippen LogP contribution in [0.25, 0.3) is 21.7 Å². The third-order valence-electron chi connectivity index (χ3n) is 4.95. The predicted octanol–water partition coefficient (Wildman–Crippen LogP) is 5.74. The zero-order chi connectivity index (χ0) is 23.4. The lowest BCUT2D eigenvalue weighted by molar-refractivity contribution is -0.130. The highest BCUT2D eigenvalue weighted by atomic mass is 32.1. The van der Waals surface area contributed by atoms with Crippen LogP contribution in [-0.4, -0.2) is 37.4 Å². The summed E-state index contributed by atoms with van der Waals surface area (Å²) < 4.78 is 23.2. The van der Waals surface area contributed by atoms with Crippen LogP contribution in [0.3, 0.4) is 0 Å². The van der Waals surface area contributed by atoms with E-state index in [0.717, 1.165) is 10.1 Å². The minimum atomic E-state index is -1.05. The van der Waals surface area contributed by atoms with Crippen molar-refractivity contribution >= 4 is 39.0 Å². The Morgan fingerprint density at radius 1 is 0.909 bits per heavy atom. The van der Waals surface area contributed by atoms with Gasteiger partial charge in [0.25, 0.3) is 0 Å². The molecule has 2 heterocycles. The monoisotopic (exact) mass is 463 g/mol. The molecule has 0 atom stereocenters. The number of methoxy groups -OCH3 is 3. The summed E-state index contributed by atoms with van der Waals surface area (Å²) in [6, 6.07) is 14.2. The zero-order valence-corrected chi connectivity index (χ0v) is 19.0. The molecule has 0 aliphatic rings. The summed E-state index contributed by atoms with van der Waals surface area (Å²) in [5.41, 5.74) is 0.669. The van der Waals surface area contributed by atoms with Crippen LogP contribution in [0.5, 0.6) is 28.7 Å². The van der Waals surface area contributed by atoms with Crippen molar-refractivity contribution in [3.63, 3.8) is 0 Å². The lowest BCUT2D eigenvalue weighted by atomic mass is 10.1. The molecule has 0 unspecified atom stereocenters. The fourth-order valence-electron chi connectivity index (χ4n) is 3.31. The van der Waals surface area contributed by atoms with Crippen molar-refractivity contribution in [1.82, 2.24) is 4.98 Å². The second-order valence-corrected chi connectivity index (χ2v) is 7.96. The molecule has 0 aliphatic carbocycles. The third-order valence-corrected chi connectivity index (χ3v) is 6.03. The Morgan fingerprint density at radius 2 is 1.55 bits per heavy atom. The number of nitrogens with zero attached hydrogens (tertiary/aromatic N) is 1. The Kier molecular flexibility index (Phi) is 6.46. The summed E-state index contributed by atoms with van der Waals surface area (Å²) in [6.07, 6.45) is 4.73. The first-order valence-corrected chi connectivity index (χ1v) is 10.7. The first kappa shape index (κ1) is 22.2. The van der Waals surface area contributed by atoms with E-state index in [2.05, 4.69) is 4.98 Å². The molecule has 0 spiro atoms. The van der Waals surface area contributed by atoms with E-state index in [9.17, 15) is 9.90 Å². The highest BCUT2D eigenvalue weighted by Gasteiger charge is 2.20. The number of rotatable bonds is 8. The van der Waals surface area contributed by atoms with Crippen molar-refractivity contribution in [2.24, 2.45) is 0 Å². The molecule has 0 saturated heterocycles. The molecule has 0 aliphatic heterocycles.